The fourth-order valence-electron chi connectivity index (χ4n) is 2.09. The molecule has 2 aromatic rings. The Balaban J connectivity index is 1.92. The molecule has 106 valence electrons. The number of benzene rings is 1. The van der Waals surface area contributed by atoms with Crippen LogP contribution < -0.4 is 10.1 Å². The summed E-state index contributed by atoms with van der Waals surface area (Å²) in [6.07, 6.45) is 2.28. The van der Waals surface area contributed by atoms with E-state index in [4.69, 9.17) is 10.00 Å². The number of nitrogens with zero attached hydrogens (tertiary/aromatic N) is 3. The van der Waals surface area contributed by atoms with Crippen LogP contribution in [-0.4, -0.2) is 17.0 Å². The van der Waals surface area contributed by atoms with Crippen LogP contribution in [0.2, 0.25) is 0 Å². The van der Waals surface area contributed by atoms with E-state index in [1.807, 2.05) is 14.0 Å². The van der Waals surface area contributed by atoms with Crippen LogP contribution in [0, 0.1) is 18.3 Å². The zero-order chi connectivity index (χ0) is 14.8. The van der Waals surface area contributed by atoms with E-state index in [-0.39, 0.29) is 0 Å². The van der Waals surface area contributed by atoms with Crippen molar-refractivity contribution >= 4 is 5.82 Å². The van der Waals surface area contributed by atoms with Crippen molar-refractivity contribution in [1.29, 1.82) is 5.26 Å². The van der Waals surface area contributed by atoms with Crippen molar-refractivity contribution in [3.8, 4) is 17.7 Å². The molecule has 21 heavy (non-hydrogen) atoms. The lowest BCUT2D eigenvalue weighted by Crippen LogP contribution is -2.04. The largest absolute Gasteiger partial charge is 0.439 e. The molecule has 3 rings (SSSR count). The molecule has 0 bridgehead atoms. The Labute approximate surface area is 123 Å². The molecule has 1 heterocycles. The van der Waals surface area contributed by atoms with Gasteiger partial charge in [0.2, 0.25) is 5.88 Å². The molecule has 0 radical (unpaired) electrons. The maximum absolute atomic E-state index is 8.82. The molecule has 0 unspecified atom stereocenters. The van der Waals surface area contributed by atoms with E-state index in [9.17, 15) is 0 Å². The summed E-state index contributed by atoms with van der Waals surface area (Å²) in [6.45, 7) is 1.93. The van der Waals surface area contributed by atoms with Crippen molar-refractivity contribution in [2.45, 2.75) is 25.7 Å². The Hall–Kier alpha value is -2.61. The fourth-order valence-corrected chi connectivity index (χ4v) is 2.09. The second-order valence-electron chi connectivity index (χ2n) is 5.12. The molecule has 0 amide bonds. The number of hydrogen-bond acceptors (Lipinski definition) is 5. The van der Waals surface area contributed by atoms with Gasteiger partial charge in [-0.25, -0.2) is 4.98 Å². The summed E-state index contributed by atoms with van der Waals surface area (Å²) in [5.41, 5.74) is 1.49. The highest BCUT2D eigenvalue weighted by molar-refractivity contribution is 5.50. The third kappa shape index (κ3) is 2.79. The number of hydrogen-bond donors (Lipinski definition) is 1. The molecule has 0 atom stereocenters. The number of nitrogens with one attached hydrogen (secondary N) is 1. The van der Waals surface area contributed by atoms with Crippen molar-refractivity contribution < 1.29 is 4.74 Å². The molecule has 1 aliphatic rings. The van der Waals surface area contributed by atoms with Crippen LogP contribution in [-0.2, 0) is 0 Å². The van der Waals surface area contributed by atoms with E-state index in [2.05, 4.69) is 21.4 Å². The first kappa shape index (κ1) is 13.4. The zero-order valence-corrected chi connectivity index (χ0v) is 12.1. The molecular formula is C16H16N4O. The van der Waals surface area contributed by atoms with Gasteiger partial charge in [0.15, 0.2) is 0 Å². The van der Waals surface area contributed by atoms with Crippen molar-refractivity contribution in [2.75, 3.05) is 12.4 Å². The number of ether oxygens (including phenoxy) is 1. The fraction of sp³-hybridized carbons (Fsp3) is 0.312. The van der Waals surface area contributed by atoms with Crippen molar-refractivity contribution in [3.05, 3.63) is 41.2 Å². The maximum Gasteiger partial charge on any atom is 0.227 e. The van der Waals surface area contributed by atoms with Gasteiger partial charge < -0.3 is 10.1 Å². The molecule has 1 N–H and O–H groups in total. The normalized spacial score (nSPS) is 13.6. The monoisotopic (exact) mass is 280 g/mol. The molecule has 5 nitrogen and oxygen atoms in total. The second kappa shape index (κ2) is 5.41. The highest BCUT2D eigenvalue weighted by Gasteiger charge is 2.28. The molecule has 0 spiro atoms. The summed E-state index contributed by atoms with van der Waals surface area (Å²) in [5, 5.41) is 11.9. The van der Waals surface area contributed by atoms with Crippen LogP contribution in [0.1, 0.15) is 35.7 Å². The van der Waals surface area contributed by atoms with Crippen LogP contribution in [0.25, 0.3) is 0 Å². The molecular weight excluding hydrogens is 264 g/mol. The third-order valence-corrected chi connectivity index (χ3v) is 3.50. The van der Waals surface area contributed by atoms with Crippen molar-refractivity contribution in [1.82, 2.24) is 9.97 Å². The van der Waals surface area contributed by atoms with Gasteiger partial charge in [-0.05, 0) is 44.0 Å². The standard InChI is InChI=1S/C16H16N4O/c1-10-14(18-2)19-15(12-5-6-12)20-16(10)21-13-7-3-11(9-17)4-8-13/h3-4,7-8,12H,5-6H2,1-2H3,(H,18,19,20). The van der Waals surface area contributed by atoms with Gasteiger partial charge in [0.25, 0.3) is 0 Å². The molecule has 1 aromatic heterocycles. The lowest BCUT2D eigenvalue weighted by atomic mass is 10.2. The van der Waals surface area contributed by atoms with Gasteiger partial charge in [-0.1, -0.05) is 0 Å². The first-order valence-electron chi connectivity index (χ1n) is 6.95. The topological polar surface area (TPSA) is 70.8 Å². The first-order chi connectivity index (χ1) is 10.2. The summed E-state index contributed by atoms with van der Waals surface area (Å²) in [5.74, 6) is 3.34. The molecule has 0 aliphatic heterocycles. The molecule has 1 fully saturated rings. The summed E-state index contributed by atoms with van der Waals surface area (Å²) in [6, 6.07) is 9.09. The summed E-state index contributed by atoms with van der Waals surface area (Å²) >= 11 is 0. The number of anilines is 1. The third-order valence-electron chi connectivity index (χ3n) is 3.50. The number of nitriles is 1. The minimum atomic E-state index is 0.459. The van der Waals surface area contributed by atoms with Crippen molar-refractivity contribution in [2.24, 2.45) is 0 Å². The van der Waals surface area contributed by atoms with E-state index in [1.165, 1.54) is 0 Å². The highest BCUT2D eigenvalue weighted by Crippen LogP contribution is 2.40. The van der Waals surface area contributed by atoms with Gasteiger partial charge in [0, 0.05) is 13.0 Å². The van der Waals surface area contributed by atoms with E-state index in [0.717, 1.165) is 30.0 Å². The quantitative estimate of drug-likeness (QED) is 0.929. The molecule has 5 heteroatoms. The molecule has 1 aromatic carbocycles. The smallest absolute Gasteiger partial charge is 0.227 e. The van der Waals surface area contributed by atoms with E-state index in [1.54, 1.807) is 24.3 Å². The predicted octanol–water partition coefficient (Wildman–Crippen LogP) is 3.37. The number of rotatable bonds is 4. The highest BCUT2D eigenvalue weighted by atomic mass is 16.5. The Kier molecular flexibility index (Phi) is 3.44. The molecule has 1 aliphatic carbocycles. The number of aromatic nitrogens is 2. The van der Waals surface area contributed by atoms with Gasteiger partial charge in [-0.3, -0.25) is 0 Å². The molecule has 0 saturated heterocycles. The van der Waals surface area contributed by atoms with Gasteiger partial charge in [-0.15, -0.1) is 0 Å². The average molecular weight is 280 g/mol. The Bertz CT molecular complexity index is 699. The van der Waals surface area contributed by atoms with E-state index < -0.39 is 0 Å². The minimum Gasteiger partial charge on any atom is -0.439 e. The van der Waals surface area contributed by atoms with Crippen molar-refractivity contribution in [3.63, 3.8) is 0 Å². The van der Waals surface area contributed by atoms with Gasteiger partial charge in [0.1, 0.15) is 17.4 Å². The Morgan fingerprint density at radius 1 is 1.24 bits per heavy atom. The van der Waals surface area contributed by atoms with Crippen LogP contribution in [0.4, 0.5) is 5.82 Å². The lowest BCUT2D eigenvalue weighted by Gasteiger charge is -2.12. The SMILES string of the molecule is CNc1nc(C2CC2)nc(Oc2ccc(C#N)cc2)c1C. The lowest BCUT2D eigenvalue weighted by molar-refractivity contribution is 0.455. The minimum absolute atomic E-state index is 0.459. The zero-order valence-electron chi connectivity index (χ0n) is 12.1. The average Bonchev–Trinajstić information content (AvgIpc) is 3.35. The maximum atomic E-state index is 8.82. The Morgan fingerprint density at radius 2 is 1.95 bits per heavy atom. The first-order valence-corrected chi connectivity index (χ1v) is 6.95. The predicted molar refractivity (Wildman–Crippen MR) is 79.5 cm³/mol. The van der Waals surface area contributed by atoms with E-state index in [0.29, 0.717) is 23.1 Å². The second-order valence-corrected chi connectivity index (χ2v) is 5.12. The van der Waals surface area contributed by atoms with Crippen LogP contribution in [0.5, 0.6) is 11.6 Å². The van der Waals surface area contributed by atoms with Crippen LogP contribution >= 0.6 is 0 Å². The van der Waals surface area contributed by atoms with Gasteiger partial charge >= 0.3 is 0 Å². The van der Waals surface area contributed by atoms with Crippen LogP contribution in [0.15, 0.2) is 24.3 Å². The summed E-state index contributed by atoms with van der Waals surface area (Å²) in [4.78, 5) is 9.08. The van der Waals surface area contributed by atoms with Crippen LogP contribution in [0.3, 0.4) is 0 Å². The molecule has 1 saturated carbocycles. The van der Waals surface area contributed by atoms with Gasteiger partial charge in [-0.2, -0.15) is 10.2 Å². The summed E-state index contributed by atoms with van der Waals surface area (Å²) in [7, 11) is 1.84. The summed E-state index contributed by atoms with van der Waals surface area (Å²) < 4.78 is 5.87. The van der Waals surface area contributed by atoms with Gasteiger partial charge in [0.05, 0.1) is 17.2 Å². The van der Waals surface area contributed by atoms with E-state index >= 15 is 0 Å². The Morgan fingerprint density at radius 3 is 2.52 bits per heavy atom.